The van der Waals surface area contributed by atoms with Crippen LogP contribution in [-0.4, -0.2) is 41.3 Å². The van der Waals surface area contributed by atoms with Gasteiger partial charge in [0.1, 0.15) is 5.82 Å². The molecule has 1 aromatic heterocycles. The van der Waals surface area contributed by atoms with E-state index in [-0.39, 0.29) is 11.8 Å². The average Bonchev–Trinajstić information content (AvgIpc) is 3.14. The molecule has 0 unspecified atom stereocenters. The lowest BCUT2D eigenvalue weighted by Crippen LogP contribution is -2.43. The first-order chi connectivity index (χ1) is 15.7. The highest BCUT2D eigenvalue weighted by molar-refractivity contribution is 7.89. The van der Waals surface area contributed by atoms with E-state index in [0.29, 0.717) is 37.4 Å². The molecule has 0 bridgehead atoms. The number of carbonyl (C=O) groups is 1. The summed E-state index contributed by atoms with van der Waals surface area (Å²) in [7, 11) is -3.58. The van der Waals surface area contributed by atoms with Gasteiger partial charge in [-0.25, -0.2) is 13.4 Å². The maximum atomic E-state index is 13.3. The van der Waals surface area contributed by atoms with E-state index in [0.717, 1.165) is 40.1 Å². The van der Waals surface area contributed by atoms with Gasteiger partial charge in [-0.1, -0.05) is 29.8 Å². The van der Waals surface area contributed by atoms with E-state index >= 15 is 0 Å². The van der Waals surface area contributed by atoms with Crippen molar-refractivity contribution >= 4 is 27.0 Å². The van der Waals surface area contributed by atoms with Crippen LogP contribution in [0, 0.1) is 26.7 Å². The van der Waals surface area contributed by atoms with Crippen LogP contribution in [0.4, 0.5) is 0 Å². The Kier molecular flexibility index (Phi) is 6.59. The Labute approximate surface area is 195 Å². The molecule has 1 aliphatic rings. The summed E-state index contributed by atoms with van der Waals surface area (Å²) in [5.41, 5.74) is 4.57. The molecule has 1 aliphatic heterocycles. The van der Waals surface area contributed by atoms with Crippen LogP contribution < -0.4 is 5.32 Å². The summed E-state index contributed by atoms with van der Waals surface area (Å²) in [6, 6.07) is 11.8. The molecule has 1 amide bonds. The average molecular weight is 469 g/mol. The van der Waals surface area contributed by atoms with Crippen LogP contribution in [0.1, 0.15) is 42.3 Å². The summed E-state index contributed by atoms with van der Waals surface area (Å²) in [6.45, 7) is 9.55. The molecule has 1 saturated heterocycles. The van der Waals surface area contributed by atoms with E-state index in [1.807, 2.05) is 57.2 Å². The highest BCUT2D eigenvalue weighted by atomic mass is 32.2. The summed E-state index contributed by atoms with van der Waals surface area (Å²) in [4.78, 5) is 17.9. The number of rotatable bonds is 6. The van der Waals surface area contributed by atoms with Crippen LogP contribution in [0.5, 0.6) is 0 Å². The van der Waals surface area contributed by atoms with Gasteiger partial charge in [-0.15, -0.1) is 0 Å². The number of nitrogens with one attached hydrogen (secondary N) is 1. The number of benzene rings is 2. The molecule has 176 valence electrons. The zero-order chi connectivity index (χ0) is 23.8. The van der Waals surface area contributed by atoms with Crippen molar-refractivity contribution in [1.82, 2.24) is 19.2 Å². The monoisotopic (exact) mass is 468 g/mol. The number of fused-ring (bicyclic) bond motifs is 1. The van der Waals surface area contributed by atoms with Crippen molar-refractivity contribution < 1.29 is 13.2 Å². The van der Waals surface area contributed by atoms with E-state index in [2.05, 4.69) is 21.8 Å². The Hall–Kier alpha value is -2.71. The van der Waals surface area contributed by atoms with Crippen LogP contribution in [-0.2, 0) is 27.9 Å². The number of carbonyl (C=O) groups excluding carboxylic acids is 1. The maximum Gasteiger partial charge on any atom is 0.243 e. The first-order valence-corrected chi connectivity index (χ1v) is 13.0. The summed E-state index contributed by atoms with van der Waals surface area (Å²) in [5, 5.41) is 3.02. The minimum atomic E-state index is -3.58. The van der Waals surface area contributed by atoms with Crippen LogP contribution in [0.3, 0.4) is 0 Å². The van der Waals surface area contributed by atoms with Gasteiger partial charge in [0.05, 0.1) is 22.5 Å². The minimum Gasteiger partial charge on any atom is -0.349 e. The van der Waals surface area contributed by atoms with Crippen molar-refractivity contribution in [2.24, 2.45) is 5.92 Å². The van der Waals surface area contributed by atoms with Crippen LogP contribution in [0.15, 0.2) is 41.3 Å². The molecule has 0 atom stereocenters. The molecule has 0 aliphatic carbocycles. The predicted molar refractivity (Wildman–Crippen MR) is 129 cm³/mol. The third kappa shape index (κ3) is 4.54. The van der Waals surface area contributed by atoms with Gasteiger partial charge in [0.25, 0.3) is 0 Å². The van der Waals surface area contributed by atoms with E-state index in [1.165, 1.54) is 4.31 Å². The first kappa shape index (κ1) is 23.4. The van der Waals surface area contributed by atoms with Gasteiger partial charge in [-0.05, 0) is 63.8 Å². The van der Waals surface area contributed by atoms with E-state index < -0.39 is 10.0 Å². The smallest absolute Gasteiger partial charge is 0.243 e. The number of amides is 1. The van der Waals surface area contributed by atoms with Crippen molar-refractivity contribution in [3.63, 3.8) is 0 Å². The number of para-hydroxylation sites is 2. The third-order valence-corrected chi connectivity index (χ3v) is 8.70. The standard InChI is InChI=1S/C25H32N4O3S/c1-5-29-22-9-7-6-8-21(22)27-23(29)16-26-25(30)20-10-12-28(13-11-20)33(31,32)24-18(3)14-17(2)15-19(24)4/h6-9,14-15,20H,5,10-13,16H2,1-4H3,(H,26,30). The van der Waals surface area contributed by atoms with Crippen molar-refractivity contribution in [2.45, 2.75) is 58.5 Å². The van der Waals surface area contributed by atoms with Gasteiger partial charge < -0.3 is 9.88 Å². The van der Waals surface area contributed by atoms with E-state index in [1.54, 1.807) is 0 Å². The second kappa shape index (κ2) is 9.27. The van der Waals surface area contributed by atoms with Crippen molar-refractivity contribution in [3.05, 3.63) is 58.9 Å². The Morgan fingerprint density at radius 1 is 1.09 bits per heavy atom. The second-order valence-electron chi connectivity index (χ2n) is 8.89. The summed E-state index contributed by atoms with van der Waals surface area (Å²) < 4.78 is 30.2. The molecule has 0 spiro atoms. The second-order valence-corrected chi connectivity index (χ2v) is 10.8. The van der Waals surface area contributed by atoms with Crippen LogP contribution >= 0.6 is 0 Å². The molecule has 4 rings (SSSR count). The fraction of sp³-hybridized carbons (Fsp3) is 0.440. The number of piperidine rings is 1. The fourth-order valence-electron chi connectivity index (χ4n) is 4.98. The molecule has 2 aromatic carbocycles. The number of nitrogens with zero attached hydrogens (tertiary/aromatic N) is 3. The number of hydrogen-bond donors (Lipinski definition) is 1. The van der Waals surface area contributed by atoms with Gasteiger partial charge in [0, 0.05) is 25.6 Å². The molecule has 0 saturated carbocycles. The van der Waals surface area contributed by atoms with Gasteiger partial charge in [-0.2, -0.15) is 4.31 Å². The number of aromatic nitrogens is 2. The molecule has 2 heterocycles. The van der Waals surface area contributed by atoms with Gasteiger partial charge >= 0.3 is 0 Å². The summed E-state index contributed by atoms with van der Waals surface area (Å²) in [6.07, 6.45) is 1.03. The number of hydrogen-bond acceptors (Lipinski definition) is 4. The zero-order valence-corrected chi connectivity index (χ0v) is 20.6. The number of sulfonamides is 1. The largest absolute Gasteiger partial charge is 0.349 e. The highest BCUT2D eigenvalue weighted by Gasteiger charge is 2.33. The van der Waals surface area contributed by atoms with Crippen molar-refractivity contribution in [3.8, 4) is 0 Å². The number of aryl methyl sites for hydroxylation is 4. The zero-order valence-electron chi connectivity index (χ0n) is 19.8. The summed E-state index contributed by atoms with van der Waals surface area (Å²) >= 11 is 0. The third-order valence-electron chi connectivity index (χ3n) is 6.50. The molecule has 0 radical (unpaired) electrons. The Morgan fingerprint density at radius 2 is 1.73 bits per heavy atom. The fourth-order valence-corrected chi connectivity index (χ4v) is 6.87. The van der Waals surface area contributed by atoms with Crippen molar-refractivity contribution in [2.75, 3.05) is 13.1 Å². The Morgan fingerprint density at radius 3 is 2.36 bits per heavy atom. The number of imidazole rings is 1. The normalized spacial score (nSPS) is 15.8. The minimum absolute atomic E-state index is 0.0375. The maximum absolute atomic E-state index is 13.3. The highest BCUT2D eigenvalue weighted by Crippen LogP contribution is 2.29. The molecular weight excluding hydrogens is 436 g/mol. The molecule has 7 nitrogen and oxygen atoms in total. The summed E-state index contributed by atoms with van der Waals surface area (Å²) in [5.74, 6) is 0.595. The molecule has 8 heteroatoms. The first-order valence-electron chi connectivity index (χ1n) is 11.5. The van der Waals surface area contributed by atoms with E-state index in [9.17, 15) is 13.2 Å². The lowest BCUT2D eigenvalue weighted by molar-refractivity contribution is -0.126. The van der Waals surface area contributed by atoms with Gasteiger partial charge in [0.15, 0.2) is 0 Å². The lowest BCUT2D eigenvalue weighted by atomic mass is 9.97. The van der Waals surface area contributed by atoms with E-state index in [4.69, 9.17) is 0 Å². The predicted octanol–water partition coefficient (Wildman–Crippen LogP) is 3.70. The molecule has 33 heavy (non-hydrogen) atoms. The Balaban J connectivity index is 1.40. The lowest BCUT2D eigenvalue weighted by Gasteiger charge is -2.31. The molecular formula is C25H32N4O3S. The van der Waals surface area contributed by atoms with Crippen LogP contribution in [0.2, 0.25) is 0 Å². The Bertz CT molecular complexity index is 1270. The quantitative estimate of drug-likeness (QED) is 0.598. The SMILES string of the molecule is CCn1c(CNC(=O)C2CCN(S(=O)(=O)c3c(C)cc(C)cc3C)CC2)nc2ccccc21. The molecule has 1 N–H and O–H groups in total. The van der Waals surface area contributed by atoms with Gasteiger partial charge in [0.2, 0.25) is 15.9 Å². The molecule has 1 fully saturated rings. The topological polar surface area (TPSA) is 84.3 Å². The van der Waals surface area contributed by atoms with Gasteiger partial charge in [-0.3, -0.25) is 4.79 Å². The molecule has 3 aromatic rings. The van der Waals surface area contributed by atoms with Crippen LogP contribution in [0.25, 0.3) is 11.0 Å². The van der Waals surface area contributed by atoms with Crippen molar-refractivity contribution in [1.29, 1.82) is 0 Å².